The van der Waals surface area contributed by atoms with Crippen LogP contribution in [0, 0.1) is 6.92 Å². The zero-order valence-corrected chi connectivity index (χ0v) is 16.0. The van der Waals surface area contributed by atoms with Gasteiger partial charge in [0, 0.05) is 16.0 Å². The fourth-order valence-corrected chi connectivity index (χ4v) is 4.94. The van der Waals surface area contributed by atoms with Crippen molar-refractivity contribution in [1.82, 2.24) is 0 Å². The Hall–Kier alpha value is -1.57. The second-order valence-corrected chi connectivity index (χ2v) is 8.52. The van der Waals surface area contributed by atoms with Gasteiger partial charge in [-0.15, -0.1) is 11.3 Å². The molecule has 0 bridgehead atoms. The van der Waals surface area contributed by atoms with Crippen molar-refractivity contribution < 1.29 is 13.2 Å². The van der Waals surface area contributed by atoms with Crippen molar-refractivity contribution in [1.29, 1.82) is 0 Å². The number of halogens is 1. The van der Waals surface area contributed by atoms with Gasteiger partial charge in [-0.2, -0.15) is 0 Å². The van der Waals surface area contributed by atoms with Crippen LogP contribution in [-0.4, -0.2) is 14.3 Å². The van der Waals surface area contributed by atoms with Crippen molar-refractivity contribution in [2.24, 2.45) is 5.73 Å². The molecule has 2 rings (SSSR count). The summed E-state index contributed by atoms with van der Waals surface area (Å²) in [5.41, 5.74) is 6.00. The standard InChI is InChI=1S/C16H19ClN2O3S2/c1-4-16(3,15(18)20)11-8-23-9-13(11)19-24(21,22)14-7-5-6-12(17)10(14)2/h5-9,19H,4H2,1-3H3,(H2,18,20). The number of hydrogen-bond acceptors (Lipinski definition) is 4. The highest BCUT2D eigenvalue weighted by Crippen LogP contribution is 2.37. The van der Waals surface area contributed by atoms with Gasteiger partial charge >= 0.3 is 0 Å². The van der Waals surface area contributed by atoms with Crippen molar-refractivity contribution in [3.05, 3.63) is 45.1 Å². The Balaban J connectivity index is 2.48. The van der Waals surface area contributed by atoms with E-state index in [1.165, 1.54) is 17.4 Å². The molecule has 1 aromatic carbocycles. The SMILES string of the molecule is CCC(C)(C(N)=O)c1cscc1NS(=O)(=O)c1cccc(Cl)c1C. The first-order valence-corrected chi connectivity index (χ1v) is 10.1. The van der Waals surface area contributed by atoms with E-state index in [2.05, 4.69) is 4.72 Å². The molecule has 8 heteroatoms. The van der Waals surface area contributed by atoms with E-state index in [9.17, 15) is 13.2 Å². The van der Waals surface area contributed by atoms with Crippen LogP contribution in [0.15, 0.2) is 33.9 Å². The number of carbonyl (C=O) groups is 1. The summed E-state index contributed by atoms with van der Waals surface area (Å²) < 4.78 is 28.0. The second kappa shape index (κ2) is 6.74. The summed E-state index contributed by atoms with van der Waals surface area (Å²) in [6, 6.07) is 4.70. The van der Waals surface area contributed by atoms with E-state index in [1.54, 1.807) is 36.7 Å². The molecule has 1 atom stereocenters. The van der Waals surface area contributed by atoms with Gasteiger partial charge in [0.2, 0.25) is 5.91 Å². The van der Waals surface area contributed by atoms with Gasteiger partial charge in [0.15, 0.2) is 0 Å². The molecule has 1 aromatic heterocycles. The Morgan fingerprint density at radius 1 is 1.38 bits per heavy atom. The lowest BCUT2D eigenvalue weighted by Crippen LogP contribution is -2.38. The second-order valence-electron chi connectivity index (χ2n) is 5.72. The summed E-state index contributed by atoms with van der Waals surface area (Å²) in [5.74, 6) is -0.497. The highest BCUT2D eigenvalue weighted by Gasteiger charge is 2.35. The summed E-state index contributed by atoms with van der Waals surface area (Å²) >= 11 is 7.33. The average Bonchev–Trinajstić information content (AvgIpc) is 2.96. The molecule has 0 saturated carbocycles. The van der Waals surface area contributed by atoms with E-state index in [0.717, 1.165) is 0 Å². The van der Waals surface area contributed by atoms with Crippen LogP contribution in [0.25, 0.3) is 0 Å². The topological polar surface area (TPSA) is 89.3 Å². The molecule has 2 aromatic rings. The average molecular weight is 387 g/mol. The van der Waals surface area contributed by atoms with E-state index >= 15 is 0 Å². The third kappa shape index (κ3) is 3.29. The van der Waals surface area contributed by atoms with Crippen LogP contribution in [0.1, 0.15) is 31.4 Å². The van der Waals surface area contributed by atoms with E-state index in [1.807, 2.05) is 6.92 Å². The molecular formula is C16H19ClN2O3S2. The first-order chi connectivity index (χ1) is 11.1. The van der Waals surface area contributed by atoms with Crippen LogP contribution >= 0.6 is 22.9 Å². The molecule has 0 aliphatic carbocycles. The number of anilines is 1. The van der Waals surface area contributed by atoms with Crippen LogP contribution in [0.4, 0.5) is 5.69 Å². The van der Waals surface area contributed by atoms with Gasteiger partial charge in [-0.3, -0.25) is 9.52 Å². The maximum atomic E-state index is 12.7. The maximum Gasteiger partial charge on any atom is 0.262 e. The molecular weight excluding hydrogens is 368 g/mol. The molecule has 5 nitrogen and oxygen atoms in total. The Bertz CT molecular complexity index is 877. The van der Waals surface area contributed by atoms with E-state index < -0.39 is 21.3 Å². The van der Waals surface area contributed by atoms with Crippen LogP contribution in [0.5, 0.6) is 0 Å². The minimum absolute atomic E-state index is 0.101. The lowest BCUT2D eigenvalue weighted by Gasteiger charge is -2.25. The van der Waals surface area contributed by atoms with Crippen LogP contribution in [-0.2, 0) is 20.2 Å². The molecule has 130 valence electrons. The molecule has 0 spiro atoms. The number of carbonyl (C=O) groups excluding carboxylic acids is 1. The Morgan fingerprint density at radius 2 is 2.04 bits per heavy atom. The van der Waals surface area contributed by atoms with E-state index in [4.69, 9.17) is 17.3 Å². The predicted molar refractivity (Wildman–Crippen MR) is 98.2 cm³/mol. The van der Waals surface area contributed by atoms with Crippen molar-refractivity contribution >= 4 is 44.6 Å². The number of nitrogens with two attached hydrogens (primary N) is 1. The molecule has 24 heavy (non-hydrogen) atoms. The molecule has 0 radical (unpaired) electrons. The van der Waals surface area contributed by atoms with Crippen molar-refractivity contribution in [3.8, 4) is 0 Å². The fraction of sp³-hybridized carbons (Fsp3) is 0.312. The highest BCUT2D eigenvalue weighted by molar-refractivity contribution is 7.92. The van der Waals surface area contributed by atoms with Gasteiger partial charge in [0.05, 0.1) is 16.0 Å². The van der Waals surface area contributed by atoms with E-state index in [0.29, 0.717) is 28.3 Å². The van der Waals surface area contributed by atoms with Gasteiger partial charge in [0.25, 0.3) is 10.0 Å². The van der Waals surface area contributed by atoms with Crippen LogP contribution in [0.3, 0.4) is 0 Å². The monoisotopic (exact) mass is 386 g/mol. The number of primary amides is 1. The first-order valence-electron chi connectivity index (χ1n) is 7.28. The zero-order chi connectivity index (χ0) is 18.1. The molecule has 0 fully saturated rings. The summed E-state index contributed by atoms with van der Waals surface area (Å²) in [7, 11) is -3.83. The lowest BCUT2D eigenvalue weighted by atomic mass is 9.80. The Labute approximate surface area is 150 Å². The number of rotatable bonds is 6. The van der Waals surface area contributed by atoms with Gasteiger partial charge in [-0.05, 0) is 43.3 Å². The fourth-order valence-electron chi connectivity index (χ4n) is 2.38. The molecule has 0 aliphatic rings. The minimum Gasteiger partial charge on any atom is -0.369 e. The largest absolute Gasteiger partial charge is 0.369 e. The number of sulfonamides is 1. The van der Waals surface area contributed by atoms with Gasteiger partial charge in [-0.25, -0.2) is 8.42 Å². The Kier molecular flexibility index (Phi) is 5.27. The van der Waals surface area contributed by atoms with Gasteiger partial charge in [0.1, 0.15) is 0 Å². The summed E-state index contributed by atoms with van der Waals surface area (Å²) in [6.45, 7) is 5.19. The molecule has 1 amide bonds. The number of hydrogen-bond donors (Lipinski definition) is 2. The third-order valence-electron chi connectivity index (χ3n) is 4.26. The summed E-state index contributed by atoms with van der Waals surface area (Å²) in [4.78, 5) is 12.0. The third-order valence-corrected chi connectivity index (χ3v) is 6.92. The number of benzene rings is 1. The van der Waals surface area contributed by atoms with Crippen LogP contribution in [0.2, 0.25) is 5.02 Å². The molecule has 1 heterocycles. The quantitative estimate of drug-likeness (QED) is 0.793. The van der Waals surface area contributed by atoms with Crippen molar-refractivity contribution in [3.63, 3.8) is 0 Å². The van der Waals surface area contributed by atoms with Crippen LogP contribution < -0.4 is 10.5 Å². The number of amides is 1. The lowest BCUT2D eigenvalue weighted by molar-refractivity contribution is -0.123. The molecule has 3 N–H and O–H groups in total. The smallest absolute Gasteiger partial charge is 0.262 e. The van der Waals surface area contributed by atoms with Crippen molar-refractivity contribution in [2.45, 2.75) is 37.5 Å². The molecule has 1 unspecified atom stereocenters. The van der Waals surface area contributed by atoms with Gasteiger partial charge < -0.3 is 5.73 Å². The molecule has 0 saturated heterocycles. The summed E-state index contributed by atoms with van der Waals surface area (Å²) in [5, 5.41) is 3.78. The normalized spacial score (nSPS) is 14.2. The minimum atomic E-state index is -3.83. The number of nitrogens with one attached hydrogen (secondary N) is 1. The van der Waals surface area contributed by atoms with E-state index in [-0.39, 0.29) is 4.90 Å². The first kappa shape index (κ1) is 18.8. The molecule has 0 aliphatic heterocycles. The number of thiophene rings is 1. The maximum absolute atomic E-state index is 12.7. The Morgan fingerprint density at radius 3 is 2.62 bits per heavy atom. The van der Waals surface area contributed by atoms with Crippen molar-refractivity contribution in [2.75, 3.05) is 4.72 Å². The highest BCUT2D eigenvalue weighted by atomic mass is 35.5. The zero-order valence-electron chi connectivity index (χ0n) is 13.6. The predicted octanol–water partition coefficient (Wildman–Crippen LogP) is 3.66. The van der Waals surface area contributed by atoms with Gasteiger partial charge in [-0.1, -0.05) is 24.6 Å². The summed E-state index contributed by atoms with van der Waals surface area (Å²) in [6.07, 6.45) is 0.462.